The second-order valence-corrected chi connectivity index (χ2v) is 3.91. The minimum atomic E-state index is -4.55. The van der Waals surface area contributed by atoms with Gasteiger partial charge in [-0.25, -0.2) is 4.39 Å². The van der Waals surface area contributed by atoms with Crippen molar-refractivity contribution in [2.75, 3.05) is 7.11 Å². The van der Waals surface area contributed by atoms with Crippen molar-refractivity contribution in [3.05, 3.63) is 41.2 Å². The number of benzene rings is 2. The summed E-state index contributed by atoms with van der Waals surface area (Å²) < 4.78 is 57.2. The first-order chi connectivity index (χ1) is 8.36. The highest BCUT2D eigenvalue weighted by Gasteiger charge is 2.36. The molecule has 96 valence electrons. The van der Waals surface area contributed by atoms with Crippen LogP contribution in [0.15, 0.2) is 24.3 Å². The van der Waals surface area contributed by atoms with E-state index >= 15 is 0 Å². The van der Waals surface area contributed by atoms with Crippen LogP contribution in [0, 0.1) is 12.7 Å². The fourth-order valence-corrected chi connectivity index (χ4v) is 1.97. The van der Waals surface area contributed by atoms with Crippen LogP contribution in [0.2, 0.25) is 0 Å². The third-order valence-corrected chi connectivity index (χ3v) is 2.87. The van der Waals surface area contributed by atoms with Crippen molar-refractivity contribution in [3.8, 4) is 5.75 Å². The van der Waals surface area contributed by atoms with Crippen LogP contribution < -0.4 is 4.74 Å². The predicted octanol–water partition coefficient (Wildman–Crippen LogP) is 4.31. The number of ether oxygens (including phenoxy) is 1. The molecule has 0 atom stereocenters. The molecule has 0 aliphatic heterocycles. The molecule has 18 heavy (non-hydrogen) atoms. The molecule has 0 N–H and O–H groups in total. The number of hydrogen-bond acceptors (Lipinski definition) is 1. The molecule has 0 fully saturated rings. The van der Waals surface area contributed by atoms with Crippen LogP contribution in [0.25, 0.3) is 10.8 Å². The molecule has 0 spiro atoms. The van der Waals surface area contributed by atoms with E-state index in [9.17, 15) is 17.6 Å². The summed E-state index contributed by atoms with van der Waals surface area (Å²) >= 11 is 0. The number of aryl methyl sites for hydroxylation is 1. The molecule has 0 aliphatic carbocycles. The van der Waals surface area contributed by atoms with E-state index < -0.39 is 17.6 Å². The van der Waals surface area contributed by atoms with E-state index in [-0.39, 0.29) is 22.1 Å². The Bertz CT molecular complexity index is 602. The minimum absolute atomic E-state index is 0.0549. The van der Waals surface area contributed by atoms with Crippen LogP contribution in [-0.2, 0) is 6.18 Å². The fraction of sp³-hybridized carbons (Fsp3) is 0.231. The van der Waals surface area contributed by atoms with Gasteiger partial charge < -0.3 is 4.74 Å². The van der Waals surface area contributed by atoms with Crippen molar-refractivity contribution in [2.24, 2.45) is 0 Å². The average molecular weight is 258 g/mol. The number of halogens is 4. The van der Waals surface area contributed by atoms with Gasteiger partial charge in [-0.2, -0.15) is 13.2 Å². The van der Waals surface area contributed by atoms with Gasteiger partial charge >= 0.3 is 6.18 Å². The lowest BCUT2D eigenvalue weighted by Gasteiger charge is -2.15. The van der Waals surface area contributed by atoms with E-state index in [0.29, 0.717) is 0 Å². The van der Waals surface area contributed by atoms with Crippen molar-refractivity contribution in [2.45, 2.75) is 13.1 Å². The summed E-state index contributed by atoms with van der Waals surface area (Å²) in [6.45, 7) is 1.45. The lowest BCUT2D eigenvalue weighted by atomic mass is 9.99. The molecule has 0 saturated heterocycles. The van der Waals surface area contributed by atoms with Gasteiger partial charge in [-0.05, 0) is 35.4 Å². The van der Waals surface area contributed by atoms with E-state index in [1.54, 1.807) is 0 Å². The van der Waals surface area contributed by atoms with Crippen LogP contribution in [0.5, 0.6) is 5.75 Å². The zero-order chi connectivity index (χ0) is 13.5. The Morgan fingerprint density at radius 3 is 2.17 bits per heavy atom. The standard InChI is InChI=1S/C13H10F4O/c1-7-8-4-6-11(18-2)12(13(15,16)17)9(8)3-5-10(7)14/h3-6H,1-2H3. The summed E-state index contributed by atoms with van der Waals surface area (Å²) in [4.78, 5) is 0. The lowest BCUT2D eigenvalue weighted by molar-refractivity contribution is -0.137. The van der Waals surface area contributed by atoms with Crippen LogP contribution in [0.1, 0.15) is 11.1 Å². The average Bonchev–Trinajstić information content (AvgIpc) is 2.31. The summed E-state index contributed by atoms with van der Waals surface area (Å²) in [5.41, 5.74) is -0.675. The first-order valence-electron chi connectivity index (χ1n) is 5.19. The number of rotatable bonds is 1. The Morgan fingerprint density at radius 2 is 1.61 bits per heavy atom. The largest absolute Gasteiger partial charge is 0.496 e. The topological polar surface area (TPSA) is 9.23 Å². The van der Waals surface area contributed by atoms with Gasteiger partial charge in [-0.3, -0.25) is 0 Å². The molecule has 0 amide bonds. The molecule has 2 aromatic rings. The van der Waals surface area contributed by atoms with E-state index in [4.69, 9.17) is 4.74 Å². The van der Waals surface area contributed by atoms with Crippen molar-refractivity contribution < 1.29 is 22.3 Å². The third-order valence-electron chi connectivity index (χ3n) is 2.87. The second-order valence-electron chi connectivity index (χ2n) is 3.91. The number of methoxy groups -OCH3 is 1. The summed E-state index contributed by atoms with van der Waals surface area (Å²) in [5.74, 6) is -0.790. The van der Waals surface area contributed by atoms with Gasteiger partial charge in [0, 0.05) is 0 Å². The first kappa shape index (κ1) is 12.7. The Labute approximate surface area is 101 Å². The fourth-order valence-electron chi connectivity index (χ4n) is 1.97. The maximum absolute atomic E-state index is 13.3. The quantitative estimate of drug-likeness (QED) is 0.692. The van der Waals surface area contributed by atoms with Crippen molar-refractivity contribution in [3.63, 3.8) is 0 Å². The smallest absolute Gasteiger partial charge is 0.420 e. The molecular weight excluding hydrogens is 248 g/mol. The van der Waals surface area contributed by atoms with Gasteiger partial charge in [-0.1, -0.05) is 12.1 Å². The van der Waals surface area contributed by atoms with E-state index in [2.05, 4.69) is 0 Å². The minimum Gasteiger partial charge on any atom is -0.496 e. The number of alkyl halides is 3. The first-order valence-corrected chi connectivity index (χ1v) is 5.19. The van der Waals surface area contributed by atoms with Crippen LogP contribution in [-0.4, -0.2) is 7.11 Å². The molecule has 0 saturated carbocycles. The third kappa shape index (κ3) is 1.89. The number of hydrogen-bond donors (Lipinski definition) is 0. The molecule has 0 bridgehead atoms. The van der Waals surface area contributed by atoms with Crippen LogP contribution >= 0.6 is 0 Å². The maximum Gasteiger partial charge on any atom is 0.420 e. The van der Waals surface area contributed by atoms with Crippen LogP contribution in [0.3, 0.4) is 0 Å². The van der Waals surface area contributed by atoms with Gasteiger partial charge in [-0.15, -0.1) is 0 Å². The highest BCUT2D eigenvalue weighted by Crippen LogP contribution is 2.41. The van der Waals surface area contributed by atoms with Gasteiger partial charge in [0.05, 0.1) is 7.11 Å². The van der Waals surface area contributed by atoms with Crippen molar-refractivity contribution in [1.29, 1.82) is 0 Å². The normalized spacial score (nSPS) is 11.9. The van der Waals surface area contributed by atoms with E-state index in [1.807, 2.05) is 0 Å². The van der Waals surface area contributed by atoms with E-state index in [0.717, 1.165) is 12.1 Å². The molecule has 5 heteroatoms. The van der Waals surface area contributed by atoms with E-state index in [1.165, 1.54) is 26.2 Å². The molecule has 0 unspecified atom stereocenters. The Balaban J connectivity index is 2.91. The van der Waals surface area contributed by atoms with Crippen molar-refractivity contribution >= 4 is 10.8 Å². The Morgan fingerprint density at radius 1 is 1.00 bits per heavy atom. The lowest BCUT2D eigenvalue weighted by Crippen LogP contribution is -2.08. The second kappa shape index (κ2) is 4.15. The molecule has 0 radical (unpaired) electrons. The van der Waals surface area contributed by atoms with Gasteiger partial charge in [0.15, 0.2) is 0 Å². The van der Waals surface area contributed by atoms with Gasteiger partial charge in [0.2, 0.25) is 0 Å². The number of fused-ring (bicyclic) bond motifs is 1. The molecular formula is C13H10F4O. The Kier molecular flexibility index (Phi) is 2.92. The molecule has 0 aromatic heterocycles. The molecule has 0 aliphatic rings. The zero-order valence-corrected chi connectivity index (χ0v) is 9.73. The highest BCUT2D eigenvalue weighted by molar-refractivity contribution is 5.91. The molecule has 2 rings (SSSR count). The summed E-state index contributed by atoms with van der Waals surface area (Å²) in [6, 6.07) is 4.80. The SMILES string of the molecule is COc1ccc2c(C)c(F)ccc2c1C(F)(F)F. The molecule has 2 aromatic carbocycles. The summed E-state index contributed by atoms with van der Waals surface area (Å²) in [7, 11) is 1.17. The monoisotopic (exact) mass is 258 g/mol. The van der Waals surface area contributed by atoms with Gasteiger partial charge in [0.25, 0.3) is 0 Å². The molecule has 0 heterocycles. The van der Waals surface area contributed by atoms with Crippen LogP contribution in [0.4, 0.5) is 17.6 Å². The van der Waals surface area contributed by atoms with Crippen molar-refractivity contribution in [1.82, 2.24) is 0 Å². The summed E-state index contributed by atoms with van der Waals surface area (Å²) in [6.07, 6.45) is -4.55. The van der Waals surface area contributed by atoms with Gasteiger partial charge in [0.1, 0.15) is 17.1 Å². The zero-order valence-electron chi connectivity index (χ0n) is 9.73. The maximum atomic E-state index is 13.3. The summed E-state index contributed by atoms with van der Waals surface area (Å²) in [5, 5.41) is 0.184. The Hall–Kier alpha value is -1.78. The predicted molar refractivity (Wildman–Crippen MR) is 60.2 cm³/mol. The highest BCUT2D eigenvalue weighted by atomic mass is 19.4. The molecule has 1 nitrogen and oxygen atoms in total.